The molecule has 1 fully saturated rings. The van der Waals surface area contributed by atoms with Gasteiger partial charge in [0.2, 0.25) is 0 Å². The summed E-state index contributed by atoms with van der Waals surface area (Å²) in [4.78, 5) is 7.27. The van der Waals surface area contributed by atoms with Gasteiger partial charge in [-0.1, -0.05) is 6.92 Å². The third kappa shape index (κ3) is 4.23. The van der Waals surface area contributed by atoms with Gasteiger partial charge in [0.05, 0.1) is 5.69 Å². The Bertz CT molecular complexity index is 354. The van der Waals surface area contributed by atoms with Gasteiger partial charge in [-0.05, 0) is 19.9 Å². The van der Waals surface area contributed by atoms with Crippen LogP contribution in [-0.2, 0) is 13.1 Å². The Balaban J connectivity index is 1.82. The van der Waals surface area contributed by atoms with Crippen LogP contribution in [0.25, 0.3) is 0 Å². The van der Waals surface area contributed by atoms with E-state index in [1.165, 1.54) is 35.2 Å². The van der Waals surface area contributed by atoms with E-state index < -0.39 is 0 Å². The molecule has 1 aromatic heterocycles. The summed E-state index contributed by atoms with van der Waals surface area (Å²) in [6, 6.07) is 0.687. The molecule has 1 aliphatic heterocycles. The minimum Gasteiger partial charge on any atom is -0.310 e. The second kappa shape index (κ2) is 7.48. The van der Waals surface area contributed by atoms with Crippen molar-refractivity contribution in [1.82, 2.24) is 15.2 Å². The number of nitrogens with zero attached hydrogens (tertiary/aromatic N) is 2. The smallest absolute Gasteiger partial charge is 0.107 e. The zero-order chi connectivity index (χ0) is 12.8. The number of hydrogen-bond donors (Lipinski definition) is 1. The van der Waals surface area contributed by atoms with Crippen LogP contribution in [0, 0.1) is 0 Å². The van der Waals surface area contributed by atoms with Gasteiger partial charge >= 0.3 is 0 Å². The van der Waals surface area contributed by atoms with Crippen LogP contribution in [-0.4, -0.2) is 40.5 Å². The highest BCUT2D eigenvalue weighted by Crippen LogP contribution is 2.19. The van der Waals surface area contributed by atoms with Crippen molar-refractivity contribution in [3.8, 4) is 0 Å². The zero-order valence-electron chi connectivity index (χ0n) is 11.3. The van der Waals surface area contributed by atoms with Gasteiger partial charge in [-0.25, -0.2) is 4.98 Å². The molecule has 0 bridgehead atoms. The van der Waals surface area contributed by atoms with Gasteiger partial charge in [0.1, 0.15) is 5.01 Å². The SMILES string of the molecule is CCCNCc1nc(CN2CCSCC2C)cs1. The summed E-state index contributed by atoms with van der Waals surface area (Å²) in [5.74, 6) is 2.52. The fourth-order valence-electron chi connectivity index (χ4n) is 2.08. The molecule has 0 aromatic carbocycles. The molecule has 0 spiro atoms. The lowest BCUT2D eigenvalue weighted by molar-refractivity contribution is 0.221. The predicted molar refractivity (Wildman–Crippen MR) is 81.3 cm³/mol. The van der Waals surface area contributed by atoms with Gasteiger partial charge in [-0.2, -0.15) is 11.8 Å². The minimum atomic E-state index is 0.687. The number of aromatic nitrogens is 1. The Kier molecular flexibility index (Phi) is 5.95. The summed E-state index contributed by atoms with van der Waals surface area (Å²) < 4.78 is 0. The van der Waals surface area contributed by atoms with Crippen LogP contribution in [0.15, 0.2) is 5.38 Å². The predicted octanol–water partition coefficient (Wildman–Crippen LogP) is 2.58. The van der Waals surface area contributed by atoms with Crippen molar-refractivity contribution in [3.05, 3.63) is 16.1 Å². The molecule has 18 heavy (non-hydrogen) atoms. The van der Waals surface area contributed by atoms with Crippen molar-refractivity contribution in [3.63, 3.8) is 0 Å². The molecule has 1 aliphatic rings. The molecule has 0 saturated carbocycles. The number of thiazole rings is 1. The fraction of sp³-hybridized carbons (Fsp3) is 0.769. The Hall–Kier alpha value is -0.100. The highest BCUT2D eigenvalue weighted by molar-refractivity contribution is 7.99. The summed E-state index contributed by atoms with van der Waals surface area (Å²) >= 11 is 3.85. The van der Waals surface area contributed by atoms with Crippen LogP contribution in [0.3, 0.4) is 0 Å². The maximum atomic E-state index is 4.72. The van der Waals surface area contributed by atoms with Crippen molar-refractivity contribution in [2.75, 3.05) is 24.6 Å². The molecule has 0 radical (unpaired) electrons. The molecule has 2 rings (SSSR count). The molecule has 1 unspecified atom stereocenters. The maximum absolute atomic E-state index is 4.72. The molecule has 1 saturated heterocycles. The molecular weight excluding hydrogens is 262 g/mol. The molecule has 1 aromatic rings. The second-order valence-electron chi connectivity index (χ2n) is 4.80. The van der Waals surface area contributed by atoms with E-state index in [9.17, 15) is 0 Å². The fourth-order valence-corrected chi connectivity index (χ4v) is 3.92. The van der Waals surface area contributed by atoms with Gasteiger partial charge < -0.3 is 5.32 Å². The van der Waals surface area contributed by atoms with Crippen LogP contribution < -0.4 is 5.32 Å². The van der Waals surface area contributed by atoms with E-state index in [0.717, 1.165) is 19.6 Å². The first-order valence-corrected chi connectivity index (χ1v) is 8.78. The Morgan fingerprint density at radius 2 is 2.44 bits per heavy atom. The molecule has 5 heteroatoms. The van der Waals surface area contributed by atoms with Gasteiger partial charge in [-0.15, -0.1) is 11.3 Å². The second-order valence-corrected chi connectivity index (χ2v) is 6.90. The van der Waals surface area contributed by atoms with E-state index >= 15 is 0 Å². The summed E-state index contributed by atoms with van der Waals surface area (Å²) in [7, 11) is 0. The topological polar surface area (TPSA) is 28.2 Å². The summed E-state index contributed by atoms with van der Waals surface area (Å²) in [6.07, 6.45) is 1.18. The molecular formula is C13H23N3S2. The largest absolute Gasteiger partial charge is 0.310 e. The van der Waals surface area contributed by atoms with Crippen molar-refractivity contribution in [2.24, 2.45) is 0 Å². The van der Waals surface area contributed by atoms with E-state index in [-0.39, 0.29) is 0 Å². The van der Waals surface area contributed by atoms with Gasteiger partial charge in [0, 0.05) is 42.6 Å². The lowest BCUT2D eigenvalue weighted by Gasteiger charge is -2.32. The molecule has 1 N–H and O–H groups in total. The first kappa shape index (κ1) is 14.3. The van der Waals surface area contributed by atoms with E-state index in [1.807, 2.05) is 0 Å². The van der Waals surface area contributed by atoms with Crippen LogP contribution in [0.2, 0.25) is 0 Å². The molecule has 102 valence electrons. The highest BCUT2D eigenvalue weighted by atomic mass is 32.2. The van der Waals surface area contributed by atoms with Crippen molar-refractivity contribution >= 4 is 23.1 Å². The molecule has 2 heterocycles. The van der Waals surface area contributed by atoms with E-state index in [1.54, 1.807) is 11.3 Å². The number of nitrogens with one attached hydrogen (secondary N) is 1. The average Bonchev–Trinajstić information content (AvgIpc) is 2.80. The highest BCUT2D eigenvalue weighted by Gasteiger charge is 2.19. The Morgan fingerprint density at radius 3 is 3.22 bits per heavy atom. The van der Waals surface area contributed by atoms with E-state index in [2.05, 4.69) is 41.2 Å². The maximum Gasteiger partial charge on any atom is 0.107 e. The van der Waals surface area contributed by atoms with Gasteiger partial charge in [-0.3, -0.25) is 4.90 Å². The van der Waals surface area contributed by atoms with Crippen LogP contribution in [0.5, 0.6) is 0 Å². The summed E-state index contributed by atoms with van der Waals surface area (Å²) in [5.41, 5.74) is 1.24. The third-order valence-corrected chi connectivity index (χ3v) is 5.26. The average molecular weight is 285 g/mol. The van der Waals surface area contributed by atoms with Gasteiger partial charge in [0.15, 0.2) is 0 Å². The molecule has 3 nitrogen and oxygen atoms in total. The van der Waals surface area contributed by atoms with E-state index in [0.29, 0.717) is 6.04 Å². The van der Waals surface area contributed by atoms with Crippen molar-refractivity contribution < 1.29 is 0 Å². The quantitative estimate of drug-likeness (QED) is 0.813. The Morgan fingerprint density at radius 1 is 1.56 bits per heavy atom. The first-order chi connectivity index (χ1) is 8.79. The zero-order valence-corrected chi connectivity index (χ0v) is 12.9. The number of thioether (sulfide) groups is 1. The van der Waals surface area contributed by atoms with Crippen LogP contribution in [0.1, 0.15) is 31.0 Å². The normalized spacial score (nSPS) is 21.3. The van der Waals surface area contributed by atoms with Crippen molar-refractivity contribution in [2.45, 2.75) is 39.4 Å². The molecule has 0 aliphatic carbocycles. The van der Waals surface area contributed by atoms with Crippen molar-refractivity contribution in [1.29, 1.82) is 0 Å². The number of rotatable bonds is 6. The lowest BCUT2D eigenvalue weighted by atomic mass is 10.3. The Labute approximate surface area is 118 Å². The minimum absolute atomic E-state index is 0.687. The third-order valence-electron chi connectivity index (χ3n) is 3.17. The molecule has 0 amide bonds. The first-order valence-electron chi connectivity index (χ1n) is 6.75. The summed E-state index contributed by atoms with van der Waals surface area (Å²) in [6.45, 7) is 8.73. The van der Waals surface area contributed by atoms with Crippen LogP contribution in [0.4, 0.5) is 0 Å². The standard InChI is InChI=1S/C13H23N3S2/c1-3-4-14-7-13-15-12(10-18-13)8-16-5-6-17-9-11(16)2/h10-11,14H,3-9H2,1-2H3. The summed E-state index contributed by atoms with van der Waals surface area (Å²) in [5, 5.41) is 6.85. The lowest BCUT2D eigenvalue weighted by Crippen LogP contribution is -2.39. The number of hydrogen-bond acceptors (Lipinski definition) is 5. The van der Waals surface area contributed by atoms with Crippen LogP contribution >= 0.6 is 23.1 Å². The monoisotopic (exact) mass is 285 g/mol. The van der Waals surface area contributed by atoms with Gasteiger partial charge in [0.25, 0.3) is 0 Å². The van der Waals surface area contributed by atoms with E-state index in [4.69, 9.17) is 4.98 Å². The molecule has 1 atom stereocenters.